The topological polar surface area (TPSA) is 37.3 Å². The van der Waals surface area contributed by atoms with Gasteiger partial charge < -0.3 is 14.8 Å². The molecule has 0 saturated carbocycles. The summed E-state index contributed by atoms with van der Waals surface area (Å²) in [5.74, 6) is -0.148. The molecule has 0 radical (unpaired) electrons. The summed E-state index contributed by atoms with van der Waals surface area (Å²) in [7, 11) is 0. The molecule has 0 bridgehead atoms. The molecule has 164 valence electrons. The zero-order valence-electron chi connectivity index (χ0n) is 17.9. The van der Waals surface area contributed by atoms with Gasteiger partial charge in [0.15, 0.2) is 0 Å². The van der Waals surface area contributed by atoms with Crippen LogP contribution in [0.2, 0.25) is 0 Å². The smallest absolute Gasteiger partial charge is 0.225 e. The van der Waals surface area contributed by atoms with E-state index >= 15 is 0 Å². The maximum atomic E-state index is 13.1. The summed E-state index contributed by atoms with van der Waals surface area (Å²) in [4.78, 5) is 14.5. The van der Waals surface area contributed by atoms with Gasteiger partial charge in [-0.15, -0.1) is 0 Å². The Labute approximate surface area is 191 Å². The number of rotatable bonds is 7. The number of nitrogens with zero attached hydrogens (tertiary/aromatic N) is 2. The number of piperidine rings is 1. The number of carbonyl (C=O) groups excluding carboxylic acids is 1. The average molecular weight is 486 g/mol. The molecule has 1 aromatic heterocycles. The van der Waals surface area contributed by atoms with Crippen LogP contribution in [0.25, 0.3) is 10.9 Å². The van der Waals surface area contributed by atoms with E-state index in [1.165, 1.54) is 34.3 Å². The minimum absolute atomic E-state index is 0.0283. The highest BCUT2D eigenvalue weighted by atomic mass is 79.9. The van der Waals surface area contributed by atoms with Crippen molar-refractivity contribution < 1.29 is 9.18 Å². The number of fused-ring (bicyclic) bond motifs is 1. The third-order valence-corrected chi connectivity index (χ3v) is 6.59. The number of carbonyl (C=O) groups is 1. The minimum Gasteiger partial charge on any atom is -0.342 e. The number of hydrogen-bond donors (Lipinski definition) is 1. The fraction of sp³-hybridized carbons (Fsp3) is 0.400. The molecule has 6 heteroatoms. The second kappa shape index (κ2) is 9.96. The fourth-order valence-electron chi connectivity index (χ4n) is 4.57. The summed E-state index contributed by atoms with van der Waals surface area (Å²) in [6.07, 6.45) is 3.63. The highest BCUT2D eigenvalue weighted by Crippen LogP contribution is 2.32. The Morgan fingerprint density at radius 3 is 2.58 bits per heavy atom. The standard InChI is InChI=1S/C25H29BrFN3O/c1-18-16-20-4-7-22(28-25(31)8-12-26)17-24(20)30(18)23-10-14-29(15-11-23)13-9-19-2-5-21(27)6-3-19/h2-7,16-17,23H,8-15H2,1H3,(H,28,31). The minimum atomic E-state index is -0.176. The molecule has 1 aliphatic heterocycles. The van der Waals surface area contributed by atoms with Crippen LogP contribution in [0, 0.1) is 12.7 Å². The first-order valence-corrected chi connectivity index (χ1v) is 12.1. The molecule has 1 amide bonds. The largest absolute Gasteiger partial charge is 0.342 e. The summed E-state index contributed by atoms with van der Waals surface area (Å²) in [6.45, 7) is 5.30. The number of nitrogens with one attached hydrogen (secondary N) is 1. The number of hydrogen-bond acceptors (Lipinski definition) is 2. The van der Waals surface area contributed by atoms with Crippen molar-refractivity contribution in [2.24, 2.45) is 0 Å². The number of likely N-dealkylation sites (tertiary alicyclic amines) is 1. The number of halogens is 2. The molecule has 1 saturated heterocycles. The van der Waals surface area contributed by atoms with E-state index in [2.05, 4.69) is 55.8 Å². The van der Waals surface area contributed by atoms with Gasteiger partial charge in [-0.2, -0.15) is 0 Å². The maximum absolute atomic E-state index is 13.1. The number of aromatic nitrogens is 1. The lowest BCUT2D eigenvalue weighted by molar-refractivity contribution is -0.115. The van der Waals surface area contributed by atoms with Crippen molar-refractivity contribution in [3.63, 3.8) is 0 Å². The van der Waals surface area contributed by atoms with Gasteiger partial charge in [-0.3, -0.25) is 4.79 Å². The van der Waals surface area contributed by atoms with E-state index in [1.54, 1.807) is 0 Å². The van der Waals surface area contributed by atoms with Crippen LogP contribution in [0.1, 0.15) is 36.6 Å². The molecule has 31 heavy (non-hydrogen) atoms. The van der Waals surface area contributed by atoms with Crippen molar-refractivity contribution in [2.75, 3.05) is 30.3 Å². The van der Waals surface area contributed by atoms with Crippen molar-refractivity contribution in [3.05, 3.63) is 65.6 Å². The quantitative estimate of drug-likeness (QED) is 0.436. The Morgan fingerprint density at radius 2 is 1.87 bits per heavy atom. The maximum Gasteiger partial charge on any atom is 0.225 e. The molecule has 2 aromatic carbocycles. The lowest BCUT2D eigenvalue weighted by Crippen LogP contribution is -2.36. The predicted octanol–water partition coefficient (Wildman–Crippen LogP) is 5.69. The fourth-order valence-corrected chi connectivity index (χ4v) is 4.93. The highest BCUT2D eigenvalue weighted by Gasteiger charge is 2.23. The first-order chi connectivity index (χ1) is 15.0. The van der Waals surface area contributed by atoms with Crippen LogP contribution in [0.5, 0.6) is 0 Å². The molecule has 0 aliphatic carbocycles. The van der Waals surface area contributed by atoms with Crippen molar-refractivity contribution in [1.82, 2.24) is 9.47 Å². The van der Waals surface area contributed by atoms with Gasteiger partial charge in [-0.05, 0) is 62.1 Å². The van der Waals surface area contributed by atoms with Crippen LogP contribution in [0.4, 0.5) is 10.1 Å². The second-order valence-corrected chi connectivity index (χ2v) is 9.16. The van der Waals surface area contributed by atoms with E-state index in [9.17, 15) is 9.18 Å². The van der Waals surface area contributed by atoms with Crippen molar-refractivity contribution in [3.8, 4) is 0 Å². The Kier molecular flexibility index (Phi) is 7.08. The van der Waals surface area contributed by atoms with E-state index in [0.717, 1.165) is 44.6 Å². The van der Waals surface area contributed by atoms with E-state index in [0.29, 0.717) is 17.8 Å². The molecular weight excluding hydrogens is 457 g/mol. The third kappa shape index (κ3) is 5.36. The highest BCUT2D eigenvalue weighted by molar-refractivity contribution is 9.09. The Hall–Kier alpha value is -2.18. The van der Waals surface area contributed by atoms with E-state index in [4.69, 9.17) is 0 Å². The number of benzene rings is 2. The predicted molar refractivity (Wildman–Crippen MR) is 129 cm³/mol. The van der Waals surface area contributed by atoms with Gasteiger partial charge in [-0.1, -0.05) is 34.1 Å². The number of amides is 1. The molecule has 0 spiro atoms. The van der Waals surface area contributed by atoms with Crippen molar-refractivity contribution in [2.45, 2.75) is 38.6 Å². The van der Waals surface area contributed by atoms with Gasteiger partial charge in [0.25, 0.3) is 0 Å². The summed E-state index contributed by atoms with van der Waals surface area (Å²) >= 11 is 3.32. The summed E-state index contributed by atoms with van der Waals surface area (Å²) < 4.78 is 15.5. The van der Waals surface area contributed by atoms with Crippen LogP contribution in [0.15, 0.2) is 48.5 Å². The summed E-state index contributed by atoms with van der Waals surface area (Å²) in [5, 5.41) is 4.88. The van der Waals surface area contributed by atoms with Crippen LogP contribution in [-0.2, 0) is 11.2 Å². The van der Waals surface area contributed by atoms with E-state index < -0.39 is 0 Å². The molecular formula is C25H29BrFN3O. The monoisotopic (exact) mass is 485 g/mol. The van der Waals surface area contributed by atoms with Gasteiger partial charge >= 0.3 is 0 Å². The zero-order chi connectivity index (χ0) is 21.8. The molecule has 1 N–H and O–H groups in total. The SMILES string of the molecule is Cc1cc2ccc(NC(=O)CCBr)cc2n1C1CCN(CCc2ccc(F)cc2)CC1. The van der Waals surface area contributed by atoms with Crippen molar-refractivity contribution >= 4 is 38.4 Å². The molecule has 4 rings (SSSR count). The van der Waals surface area contributed by atoms with Crippen LogP contribution in [0.3, 0.4) is 0 Å². The zero-order valence-corrected chi connectivity index (χ0v) is 19.5. The van der Waals surface area contributed by atoms with E-state index in [1.807, 2.05) is 18.2 Å². The average Bonchev–Trinajstić information content (AvgIpc) is 3.09. The Bertz CT molecular complexity index is 1040. The van der Waals surface area contributed by atoms with Gasteiger partial charge in [0.1, 0.15) is 5.82 Å². The van der Waals surface area contributed by atoms with Gasteiger partial charge in [0.2, 0.25) is 5.91 Å². The Morgan fingerprint density at radius 1 is 1.13 bits per heavy atom. The van der Waals surface area contributed by atoms with Gasteiger partial charge in [-0.25, -0.2) is 4.39 Å². The van der Waals surface area contributed by atoms with Gasteiger partial charge in [0.05, 0.1) is 5.52 Å². The lowest BCUT2D eigenvalue weighted by Gasteiger charge is -2.34. The molecule has 3 aromatic rings. The van der Waals surface area contributed by atoms with Crippen LogP contribution in [-0.4, -0.2) is 40.3 Å². The molecule has 1 aliphatic rings. The molecule has 2 heterocycles. The first kappa shape index (κ1) is 22.0. The number of anilines is 1. The first-order valence-electron chi connectivity index (χ1n) is 11.0. The third-order valence-electron chi connectivity index (χ3n) is 6.19. The molecule has 1 fully saturated rings. The molecule has 0 atom stereocenters. The van der Waals surface area contributed by atoms with E-state index in [-0.39, 0.29) is 11.7 Å². The normalized spacial score (nSPS) is 15.5. The summed E-state index contributed by atoms with van der Waals surface area (Å²) in [6, 6.07) is 15.7. The summed E-state index contributed by atoms with van der Waals surface area (Å²) in [5.41, 5.74) is 4.50. The van der Waals surface area contributed by atoms with Crippen molar-refractivity contribution in [1.29, 1.82) is 0 Å². The lowest BCUT2D eigenvalue weighted by atomic mass is 10.0. The Balaban J connectivity index is 1.41. The van der Waals surface area contributed by atoms with Gasteiger partial charge in [0, 0.05) is 54.2 Å². The number of alkyl halides is 1. The second-order valence-electron chi connectivity index (χ2n) is 8.37. The molecule has 4 nitrogen and oxygen atoms in total. The number of aryl methyl sites for hydroxylation is 1. The van der Waals surface area contributed by atoms with Crippen LogP contribution >= 0.6 is 15.9 Å². The molecule has 0 unspecified atom stereocenters. The van der Waals surface area contributed by atoms with Crippen LogP contribution < -0.4 is 5.32 Å².